The predicted octanol–water partition coefficient (Wildman–Crippen LogP) is 0.880. The summed E-state index contributed by atoms with van der Waals surface area (Å²) in [6, 6.07) is 8.43. The van der Waals surface area contributed by atoms with Crippen LogP contribution >= 0.6 is 0 Å². The number of H-pyrrole nitrogens is 1. The van der Waals surface area contributed by atoms with Gasteiger partial charge in [0.05, 0.1) is 11.0 Å². The van der Waals surface area contributed by atoms with E-state index in [2.05, 4.69) is 4.98 Å². The summed E-state index contributed by atoms with van der Waals surface area (Å²) in [5, 5.41) is 0. The van der Waals surface area contributed by atoms with Crippen LogP contribution in [-0.4, -0.2) is 15.3 Å². The Morgan fingerprint density at radius 2 is 2.06 bits per heavy atom. The van der Waals surface area contributed by atoms with E-state index in [-0.39, 0.29) is 5.56 Å². The molecule has 2 heterocycles. The van der Waals surface area contributed by atoms with E-state index in [4.69, 9.17) is 5.73 Å². The third kappa shape index (κ3) is 1.32. The molecular formula is C12H9N3O2. The van der Waals surface area contributed by atoms with Crippen LogP contribution in [0.4, 0.5) is 0 Å². The summed E-state index contributed by atoms with van der Waals surface area (Å²) in [6.45, 7) is 0. The Balaban J connectivity index is 2.53. The molecule has 17 heavy (non-hydrogen) atoms. The molecule has 0 aliphatic rings. The quantitative estimate of drug-likeness (QED) is 0.647. The second-order valence-corrected chi connectivity index (χ2v) is 3.81. The smallest absolute Gasteiger partial charge is 0.272 e. The molecule has 0 atom stereocenters. The molecule has 0 radical (unpaired) electrons. The molecule has 3 N–H and O–H groups in total. The summed E-state index contributed by atoms with van der Waals surface area (Å²) in [5.41, 5.74) is 7.45. The van der Waals surface area contributed by atoms with Gasteiger partial charge in [0.1, 0.15) is 5.52 Å². The minimum Gasteiger partial charge on any atom is -0.366 e. The van der Waals surface area contributed by atoms with Crippen LogP contribution in [0.2, 0.25) is 0 Å². The van der Waals surface area contributed by atoms with E-state index in [9.17, 15) is 9.59 Å². The lowest BCUT2D eigenvalue weighted by atomic mass is 10.2. The van der Waals surface area contributed by atoms with Crippen molar-refractivity contribution >= 4 is 22.5 Å². The van der Waals surface area contributed by atoms with Gasteiger partial charge in [-0.2, -0.15) is 0 Å². The number of fused-ring (bicyclic) bond motifs is 3. The molecule has 0 saturated carbocycles. The van der Waals surface area contributed by atoms with Crippen LogP contribution < -0.4 is 11.3 Å². The van der Waals surface area contributed by atoms with Crippen LogP contribution in [0.3, 0.4) is 0 Å². The van der Waals surface area contributed by atoms with Gasteiger partial charge in [-0.15, -0.1) is 0 Å². The van der Waals surface area contributed by atoms with Gasteiger partial charge in [-0.1, -0.05) is 0 Å². The maximum Gasteiger partial charge on any atom is 0.272 e. The predicted molar refractivity (Wildman–Crippen MR) is 64.0 cm³/mol. The zero-order valence-corrected chi connectivity index (χ0v) is 8.81. The number of aromatic amines is 1. The molecule has 0 fully saturated rings. The van der Waals surface area contributed by atoms with E-state index in [1.165, 1.54) is 0 Å². The van der Waals surface area contributed by atoms with Crippen molar-refractivity contribution in [2.24, 2.45) is 5.73 Å². The highest BCUT2D eigenvalue weighted by atomic mass is 16.1. The number of nitrogens with two attached hydrogens (primary N) is 1. The number of hydrogen-bond acceptors (Lipinski definition) is 2. The van der Waals surface area contributed by atoms with Gasteiger partial charge < -0.3 is 15.1 Å². The Labute approximate surface area is 95.5 Å². The molecule has 5 heteroatoms. The van der Waals surface area contributed by atoms with Crippen molar-refractivity contribution in [2.75, 3.05) is 0 Å². The van der Waals surface area contributed by atoms with E-state index in [1.807, 2.05) is 0 Å². The Kier molecular flexibility index (Phi) is 1.82. The fourth-order valence-corrected chi connectivity index (χ4v) is 1.95. The average Bonchev–Trinajstić information content (AvgIpc) is 2.78. The topological polar surface area (TPSA) is 80.4 Å². The van der Waals surface area contributed by atoms with Crippen LogP contribution in [0, 0.1) is 0 Å². The number of nitrogens with one attached hydrogen (secondary N) is 1. The Morgan fingerprint density at radius 3 is 2.82 bits per heavy atom. The van der Waals surface area contributed by atoms with Gasteiger partial charge in [-0.25, -0.2) is 0 Å². The van der Waals surface area contributed by atoms with E-state index in [1.54, 1.807) is 40.9 Å². The van der Waals surface area contributed by atoms with Gasteiger partial charge in [-0.05, 0) is 30.3 Å². The zero-order valence-electron chi connectivity index (χ0n) is 8.81. The summed E-state index contributed by atoms with van der Waals surface area (Å²) >= 11 is 0. The molecule has 5 nitrogen and oxygen atoms in total. The summed E-state index contributed by atoms with van der Waals surface area (Å²) in [7, 11) is 0. The lowest BCUT2D eigenvalue weighted by molar-refractivity contribution is 0.100. The molecule has 84 valence electrons. The number of rotatable bonds is 1. The van der Waals surface area contributed by atoms with Crippen LogP contribution in [-0.2, 0) is 0 Å². The summed E-state index contributed by atoms with van der Waals surface area (Å²) in [6.07, 6.45) is 1.78. The number of hydrogen-bond donors (Lipinski definition) is 2. The highest BCUT2D eigenvalue weighted by Gasteiger charge is 2.07. The van der Waals surface area contributed by atoms with Gasteiger partial charge >= 0.3 is 0 Å². The number of aromatic nitrogens is 2. The van der Waals surface area contributed by atoms with Crippen LogP contribution in [0.15, 0.2) is 41.3 Å². The largest absolute Gasteiger partial charge is 0.366 e. The molecule has 3 rings (SSSR count). The zero-order chi connectivity index (χ0) is 12.0. The second-order valence-electron chi connectivity index (χ2n) is 3.81. The molecule has 0 aliphatic carbocycles. The first-order valence-corrected chi connectivity index (χ1v) is 5.10. The Hall–Kier alpha value is -2.56. The first kappa shape index (κ1) is 9.65. The molecule has 3 aromatic rings. The van der Waals surface area contributed by atoms with E-state index in [0.29, 0.717) is 16.6 Å². The number of carbonyl (C=O) groups is 1. The van der Waals surface area contributed by atoms with E-state index >= 15 is 0 Å². The van der Waals surface area contributed by atoms with E-state index in [0.717, 1.165) is 5.52 Å². The number of benzene rings is 1. The lowest BCUT2D eigenvalue weighted by Crippen LogP contribution is -2.13. The van der Waals surface area contributed by atoms with Gasteiger partial charge in [-0.3, -0.25) is 9.59 Å². The monoisotopic (exact) mass is 227 g/mol. The first-order valence-electron chi connectivity index (χ1n) is 5.10. The molecule has 2 aromatic heterocycles. The molecule has 1 amide bonds. The van der Waals surface area contributed by atoms with Crippen LogP contribution in [0.5, 0.6) is 0 Å². The number of amides is 1. The third-order valence-corrected chi connectivity index (χ3v) is 2.77. The number of carbonyl (C=O) groups excluding carboxylic acids is 1. The normalized spacial score (nSPS) is 11.1. The fraction of sp³-hybridized carbons (Fsp3) is 0. The van der Waals surface area contributed by atoms with Crippen molar-refractivity contribution in [3.8, 4) is 0 Å². The number of primary amides is 1. The molecule has 0 saturated heterocycles. The third-order valence-electron chi connectivity index (χ3n) is 2.77. The van der Waals surface area contributed by atoms with Gasteiger partial charge in [0.25, 0.3) is 5.56 Å². The molecule has 0 bridgehead atoms. The summed E-state index contributed by atoms with van der Waals surface area (Å²) in [5.74, 6) is -0.488. The van der Waals surface area contributed by atoms with Crippen LogP contribution in [0.1, 0.15) is 10.4 Å². The van der Waals surface area contributed by atoms with Crippen molar-refractivity contribution in [1.82, 2.24) is 9.38 Å². The lowest BCUT2D eigenvalue weighted by Gasteiger charge is -2.04. The molecule has 0 spiro atoms. The highest BCUT2D eigenvalue weighted by Crippen LogP contribution is 2.14. The molecule has 0 unspecified atom stereocenters. The van der Waals surface area contributed by atoms with E-state index < -0.39 is 5.91 Å². The average molecular weight is 227 g/mol. The standard InChI is InChI=1S/C12H9N3O2/c13-11(16)7-3-4-8-10(6-7)15-5-1-2-9(15)12(17)14-8/h1-6H,(H2,13,16)(H,14,17). The Morgan fingerprint density at radius 1 is 1.24 bits per heavy atom. The van der Waals surface area contributed by atoms with Crippen molar-refractivity contribution in [2.45, 2.75) is 0 Å². The Bertz CT molecular complexity index is 798. The minimum atomic E-state index is -0.488. The van der Waals surface area contributed by atoms with Crippen molar-refractivity contribution in [3.63, 3.8) is 0 Å². The first-order chi connectivity index (χ1) is 8.16. The van der Waals surface area contributed by atoms with Gasteiger partial charge in [0.15, 0.2) is 0 Å². The molecule has 1 aromatic carbocycles. The maximum absolute atomic E-state index is 11.7. The van der Waals surface area contributed by atoms with Crippen molar-refractivity contribution < 1.29 is 4.79 Å². The van der Waals surface area contributed by atoms with Gasteiger partial charge in [0, 0.05) is 11.8 Å². The SMILES string of the molecule is NC(=O)c1ccc2[nH]c(=O)c3cccn3c2c1. The van der Waals surface area contributed by atoms with Crippen molar-refractivity contribution in [3.05, 3.63) is 52.4 Å². The minimum absolute atomic E-state index is 0.158. The maximum atomic E-state index is 11.7. The molecular weight excluding hydrogens is 218 g/mol. The second kappa shape index (κ2) is 3.21. The summed E-state index contributed by atoms with van der Waals surface area (Å²) in [4.78, 5) is 25.6. The van der Waals surface area contributed by atoms with Crippen LogP contribution in [0.25, 0.3) is 16.6 Å². The number of nitrogens with zero attached hydrogens (tertiary/aromatic N) is 1. The highest BCUT2D eigenvalue weighted by molar-refractivity contribution is 5.96. The van der Waals surface area contributed by atoms with Gasteiger partial charge in [0.2, 0.25) is 5.91 Å². The fourth-order valence-electron chi connectivity index (χ4n) is 1.95. The summed E-state index contributed by atoms with van der Waals surface area (Å²) < 4.78 is 1.74. The molecule has 0 aliphatic heterocycles. The van der Waals surface area contributed by atoms with Crippen molar-refractivity contribution in [1.29, 1.82) is 0 Å².